The zero-order valence-corrected chi connectivity index (χ0v) is 15.5. The third-order valence-corrected chi connectivity index (χ3v) is 4.60. The highest BCUT2D eigenvalue weighted by Crippen LogP contribution is 2.40. The first-order valence-corrected chi connectivity index (χ1v) is 8.57. The highest BCUT2D eigenvalue weighted by Gasteiger charge is 2.27. The van der Waals surface area contributed by atoms with Gasteiger partial charge in [-0.1, -0.05) is 23.2 Å². The summed E-state index contributed by atoms with van der Waals surface area (Å²) in [5.74, 6) is -0.361. The van der Waals surface area contributed by atoms with Crippen LogP contribution in [0.3, 0.4) is 0 Å². The number of ether oxygens (including phenoxy) is 1. The van der Waals surface area contributed by atoms with E-state index < -0.39 is 6.16 Å². The highest BCUT2D eigenvalue weighted by atomic mass is 35.5. The molecule has 128 valence electrons. The Hall–Kier alpha value is -1.76. The topological polar surface area (TPSA) is 66.8 Å². The minimum absolute atomic E-state index is 0.145. The lowest BCUT2D eigenvalue weighted by Crippen LogP contribution is -2.37. The molecule has 1 amide bonds. The number of benzene rings is 1. The fraction of sp³-hybridized carbons (Fsp3) is 0.250. The second-order valence-electron chi connectivity index (χ2n) is 5.29. The standard InChI is InChI=1S/C16H15Cl2NO4S/c1-8(2)19(13-6-9(3)24-15(13)23-16(21)22)14(20)11-5-4-10(17)7-12(11)18/h4-8H,1-3H3,(H,21,22). The lowest BCUT2D eigenvalue weighted by Gasteiger charge is -2.27. The Kier molecular flexibility index (Phi) is 5.74. The minimum atomic E-state index is -1.43. The van der Waals surface area contributed by atoms with E-state index in [4.69, 9.17) is 33.0 Å². The van der Waals surface area contributed by atoms with Gasteiger partial charge in [0.05, 0.1) is 16.3 Å². The molecule has 2 aromatic rings. The first kappa shape index (κ1) is 18.6. The van der Waals surface area contributed by atoms with Crippen molar-refractivity contribution in [3.63, 3.8) is 0 Å². The van der Waals surface area contributed by atoms with Gasteiger partial charge in [0.1, 0.15) is 0 Å². The number of thiophene rings is 1. The molecule has 0 aliphatic heterocycles. The summed E-state index contributed by atoms with van der Waals surface area (Å²) in [5, 5.41) is 9.69. The molecule has 0 saturated heterocycles. The number of nitrogens with zero attached hydrogens (tertiary/aromatic N) is 1. The third-order valence-electron chi connectivity index (χ3n) is 3.14. The van der Waals surface area contributed by atoms with E-state index in [1.165, 1.54) is 11.0 Å². The fourth-order valence-electron chi connectivity index (χ4n) is 2.21. The second kappa shape index (κ2) is 7.42. The molecular formula is C16H15Cl2NO4S. The van der Waals surface area contributed by atoms with Crippen LogP contribution >= 0.6 is 34.5 Å². The SMILES string of the molecule is Cc1cc(N(C(=O)c2ccc(Cl)cc2Cl)C(C)C)c(OC(=O)O)s1. The number of rotatable bonds is 4. The summed E-state index contributed by atoms with van der Waals surface area (Å²) in [6, 6.07) is 6.08. The molecule has 5 nitrogen and oxygen atoms in total. The predicted octanol–water partition coefficient (Wildman–Crippen LogP) is 5.48. The van der Waals surface area contributed by atoms with E-state index in [0.29, 0.717) is 10.7 Å². The molecular weight excluding hydrogens is 373 g/mol. The smallest absolute Gasteiger partial charge is 0.449 e. The Morgan fingerprint density at radius 3 is 2.46 bits per heavy atom. The van der Waals surface area contributed by atoms with Crippen LogP contribution in [-0.4, -0.2) is 23.2 Å². The zero-order valence-electron chi connectivity index (χ0n) is 13.2. The number of hydrogen-bond donors (Lipinski definition) is 1. The maximum Gasteiger partial charge on any atom is 0.512 e. The van der Waals surface area contributed by atoms with Gasteiger partial charge in [0.2, 0.25) is 5.06 Å². The third kappa shape index (κ3) is 4.01. The molecule has 8 heteroatoms. The lowest BCUT2D eigenvalue weighted by molar-refractivity contribution is 0.0978. The largest absolute Gasteiger partial charge is 0.512 e. The van der Waals surface area contributed by atoms with Gasteiger partial charge in [0.15, 0.2) is 0 Å². The van der Waals surface area contributed by atoms with Crippen molar-refractivity contribution >= 4 is 52.3 Å². The van der Waals surface area contributed by atoms with Gasteiger partial charge >= 0.3 is 6.16 Å². The summed E-state index contributed by atoms with van der Waals surface area (Å²) in [5.41, 5.74) is 0.672. The molecule has 0 aliphatic carbocycles. The molecule has 1 heterocycles. The van der Waals surface area contributed by atoms with E-state index in [0.717, 1.165) is 16.2 Å². The van der Waals surface area contributed by atoms with Gasteiger partial charge in [-0.3, -0.25) is 4.79 Å². The van der Waals surface area contributed by atoms with Crippen molar-refractivity contribution in [2.75, 3.05) is 4.90 Å². The number of halogens is 2. The van der Waals surface area contributed by atoms with Gasteiger partial charge in [0, 0.05) is 15.9 Å². The number of amides is 1. The molecule has 2 rings (SSSR count). The summed E-state index contributed by atoms with van der Waals surface area (Å²) in [6.45, 7) is 5.44. The van der Waals surface area contributed by atoms with E-state index in [-0.39, 0.29) is 27.6 Å². The van der Waals surface area contributed by atoms with Crippen molar-refractivity contribution in [1.29, 1.82) is 0 Å². The van der Waals surface area contributed by atoms with Crippen LogP contribution in [0.25, 0.3) is 0 Å². The fourth-order valence-corrected chi connectivity index (χ4v) is 3.54. The second-order valence-corrected chi connectivity index (χ2v) is 7.35. The quantitative estimate of drug-likeness (QED) is 0.705. The normalized spacial score (nSPS) is 10.8. The summed E-state index contributed by atoms with van der Waals surface area (Å²) in [4.78, 5) is 26.1. The predicted molar refractivity (Wildman–Crippen MR) is 96.1 cm³/mol. The van der Waals surface area contributed by atoms with E-state index in [1.54, 1.807) is 25.1 Å². The number of carbonyl (C=O) groups is 2. The molecule has 1 N–H and O–H groups in total. The molecule has 0 radical (unpaired) electrons. The number of aryl methyl sites for hydroxylation is 1. The summed E-state index contributed by atoms with van der Waals surface area (Å²) < 4.78 is 4.82. The average molecular weight is 388 g/mol. The van der Waals surface area contributed by atoms with Crippen LogP contribution < -0.4 is 9.64 Å². The minimum Gasteiger partial charge on any atom is -0.449 e. The molecule has 1 aromatic heterocycles. The maximum absolute atomic E-state index is 13.0. The van der Waals surface area contributed by atoms with Crippen LogP contribution in [0, 0.1) is 6.92 Å². The van der Waals surface area contributed by atoms with Crippen molar-refractivity contribution in [3.05, 3.63) is 44.8 Å². The number of hydrogen-bond acceptors (Lipinski definition) is 4. The number of carboxylic acid groups (broad SMARTS) is 1. The summed E-state index contributed by atoms with van der Waals surface area (Å²) in [6.07, 6.45) is -1.43. The molecule has 0 unspecified atom stereocenters. The van der Waals surface area contributed by atoms with E-state index in [1.807, 2.05) is 13.8 Å². The Morgan fingerprint density at radius 2 is 1.92 bits per heavy atom. The molecule has 24 heavy (non-hydrogen) atoms. The number of anilines is 1. The zero-order chi connectivity index (χ0) is 18.0. The van der Waals surface area contributed by atoms with Gasteiger partial charge in [-0.05, 0) is 45.0 Å². The molecule has 0 spiro atoms. The molecule has 0 fully saturated rings. The summed E-state index contributed by atoms with van der Waals surface area (Å²) in [7, 11) is 0. The average Bonchev–Trinajstić information content (AvgIpc) is 2.77. The van der Waals surface area contributed by atoms with Crippen molar-refractivity contribution in [3.8, 4) is 5.06 Å². The van der Waals surface area contributed by atoms with Gasteiger partial charge in [-0.15, -0.1) is 11.3 Å². The van der Waals surface area contributed by atoms with Crippen LogP contribution in [-0.2, 0) is 0 Å². The van der Waals surface area contributed by atoms with Gasteiger partial charge in [-0.2, -0.15) is 0 Å². The molecule has 1 aromatic carbocycles. The summed E-state index contributed by atoms with van der Waals surface area (Å²) >= 11 is 13.2. The number of carbonyl (C=O) groups excluding carboxylic acids is 1. The molecule has 0 saturated carbocycles. The first-order valence-electron chi connectivity index (χ1n) is 7.00. The lowest BCUT2D eigenvalue weighted by atomic mass is 10.1. The molecule has 0 bridgehead atoms. The van der Waals surface area contributed by atoms with Crippen LogP contribution in [0.4, 0.5) is 10.5 Å². The molecule has 0 aliphatic rings. The Labute approximate surface area is 153 Å². The van der Waals surface area contributed by atoms with Gasteiger partial charge in [-0.25, -0.2) is 4.79 Å². The highest BCUT2D eigenvalue weighted by molar-refractivity contribution is 7.14. The van der Waals surface area contributed by atoms with E-state index in [2.05, 4.69) is 0 Å². The molecule has 0 atom stereocenters. The van der Waals surface area contributed by atoms with Crippen molar-refractivity contribution in [1.82, 2.24) is 0 Å². The van der Waals surface area contributed by atoms with Crippen molar-refractivity contribution < 1.29 is 19.4 Å². The van der Waals surface area contributed by atoms with Gasteiger partial charge < -0.3 is 14.7 Å². The van der Waals surface area contributed by atoms with Gasteiger partial charge in [0.25, 0.3) is 5.91 Å². The monoisotopic (exact) mass is 387 g/mol. The van der Waals surface area contributed by atoms with E-state index >= 15 is 0 Å². The van der Waals surface area contributed by atoms with Crippen LogP contribution in [0.1, 0.15) is 29.1 Å². The van der Waals surface area contributed by atoms with Crippen LogP contribution in [0.5, 0.6) is 5.06 Å². The van der Waals surface area contributed by atoms with Crippen molar-refractivity contribution in [2.24, 2.45) is 0 Å². The Bertz CT molecular complexity index is 788. The van der Waals surface area contributed by atoms with Crippen LogP contribution in [0.15, 0.2) is 24.3 Å². The maximum atomic E-state index is 13.0. The van der Waals surface area contributed by atoms with Crippen molar-refractivity contribution in [2.45, 2.75) is 26.8 Å². The Morgan fingerprint density at radius 1 is 1.25 bits per heavy atom. The van der Waals surface area contributed by atoms with E-state index in [9.17, 15) is 9.59 Å². The first-order chi connectivity index (χ1) is 11.2. The van der Waals surface area contributed by atoms with Crippen LogP contribution in [0.2, 0.25) is 10.0 Å². The Balaban J connectivity index is 2.50.